The van der Waals surface area contributed by atoms with Crippen LogP contribution in [0, 0.1) is 0 Å². The first kappa shape index (κ1) is 8.61. The largest absolute Gasteiger partial charge is 0.480 e. The molecule has 5 nitrogen and oxygen atoms in total. The predicted molar refractivity (Wildman–Crippen MR) is 41.4 cm³/mol. The van der Waals surface area contributed by atoms with Crippen LogP contribution in [0.4, 0.5) is 0 Å². The molecule has 12 heavy (non-hydrogen) atoms. The van der Waals surface area contributed by atoms with Gasteiger partial charge in [-0.2, -0.15) is 10.2 Å². The zero-order chi connectivity index (χ0) is 8.81. The lowest BCUT2D eigenvalue weighted by Gasteiger charge is -1.98. The molecular formula is C7H9N3O2. The number of aromatic nitrogens is 2. The Bertz CT molecular complexity index is 250. The van der Waals surface area contributed by atoms with E-state index in [4.69, 9.17) is 5.11 Å². The van der Waals surface area contributed by atoms with Gasteiger partial charge in [0.15, 0.2) is 0 Å². The van der Waals surface area contributed by atoms with Crippen LogP contribution in [-0.2, 0) is 11.3 Å². The number of nitrogens with zero attached hydrogens (tertiary/aromatic N) is 2. The zero-order valence-electron chi connectivity index (χ0n) is 6.40. The molecule has 0 bridgehead atoms. The van der Waals surface area contributed by atoms with Gasteiger partial charge < -0.3 is 10.4 Å². The van der Waals surface area contributed by atoms with Crippen LogP contribution in [0.25, 0.3) is 0 Å². The molecule has 1 aromatic rings. The standard InChI is InChI=1S/C7H9N3O2/c11-7(12)5-8-4-6-2-1-3-9-10-6/h1-3,8H,4-5H2,(H,11,12). The summed E-state index contributed by atoms with van der Waals surface area (Å²) in [5, 5.41) is 18.4. The number of hydrogen-bond donors (Lipinski definition) is 2. The molecule has 0 radical (unpaired) electrons. The lowest BCUT2D eigenvalue weighted by atomic mass is 10.4. The maximum Gasteiger partial charge on any atom is 0.317 e. The minimum atomic E-state index is -0.876. The molecule has 0 fully saturated rings. The molecule has 64 valence electrons. The lowest BCUT2D eigenvalue weighted by Crippen LogP contribution is -2.22. The molecular weight excluding hydrogens is 158 g/mol. The number of rotatable bonds is 4. The van der Waals surface area contributed by atoms with E-state index in [1.807, 2.05) is 0 Å². The summed E-state index contributed by atoms with van der Waals surface area (Å²) in [5.41, 5.74) is 0.735. The van der Waals surface area contributed by atoms with Gasteiger partial charge in [0, 0.05) is 12.7 Å². The van der Waals surface area contributed by atoms with Crippen molar-refractivity contribution in [1.29, 1.82) is 0 Å². The van der Waals surface area contributed by atoms with E-state index >= 15 is 0 Å². The molecule has 1 rings (SSSR count). The van der Waals surface area contributed by atoms with Gasteiger partial charge in [-0.3, -0.25) is 4.79 Å². The van der Waals surface area contributed by atoms with Crippen molar-refractivity contribution >= 4 is 5.97 Å². The Labute approximate surface area is 69.4 Å². The highest BCUT2D eigenvalue weighted by Crippen LogP contribution is 1.88. The Kier molecular flexibility index (Phi) is 3.16. The van der Waals surface area contributed by atoms with Gasteiger partial charge in [0.1, 0.15) is 0 Å². The topological polar surface area (TPSA) is 75.1 Å². The van der Waals surface area contributed by atoms with E-state index in [1.165, 1.54) is 0 Å². The van der Waals surface area contributed by atoms with Gasteiger partial charge in [-0.15, -0.1) is 0 Å². The van der Waals surface area contributed by atoms with Crippen LogP contribution in [-0.4, -0.2) is 27.8 Å². The van der Waals surface area contributed by atoms with E-state index in [-0.39, 0.29) is 6.54 Å². The molecule has 2 N–H and O–H groups in total. The highest BCUT2D eigenvalue weighted by molar-refractivity contribution is 5.68. The van der Waals surface area contributed by atoms with Crippen molar-refractivity contribution < 1.29 is 9.90 Å². The third kappa shape index (κ3) is 3.07. The van der Waals surface area contributed by atoms with Crippen LogP contribution in [0.15, 0.2) is 18.3 Å². The summed E-state index contributed by atoms with van der Waals surface area (Å²) in [6, 6.07) is 3.53. The SMILES string of the molecule is O=C(O)CNCc1cccnn1. The van der Waals surface area contributed by atoms with Crippen LogP contribution >= 0.6 is 0 Å². The Morgan fingerprint density at radius 3 is 3.08 bits per heavy atom. The van der Waals surface area contributed by atoms with Crippen molar-refractivity contribution in [3.8, 4) is 0 Å². The second-order valence-electron chi connectivity index (χ2n) is 2.21. The first-order chi connectivity index (χ1) is 5.79. The summed E-state index contributed by atoms with van der Waals surface area (Å²) in [4.78, 5) is 10.1. The lowest BCUT2D eigenvalue weighted by molar-refractivity contribution is -0.135. The molecule has 5 heteroatoms. The molecule has 0 saturated heterocycles. The predicted octanol–water partition coefficient (Wildman–Crippen LogP) is -0.349. The van der Waals surface area contributed by atoms with E-state index in [9.17, 15) is 4.79 Å². The summed E-state index contributed by atoms with van der Waals surface area (Å²) in [6.45, 7) is 0.372. The number of nitrogens with one attached hydrogen (secondary N) is 1. The zero-order valence-corrected chi connectivity index (χ0v) is 6.40. The van der Waals surface area contributed by atoms with Crippen LogP contribution in [0.5, 0.6) is 0 Å². The fraction of sp³-hybridized carbons (Fsp3) is 0.286. The normalized spacial score (nSPS) is 9.67. The minimum absolute atomic E-state index is 0.0590. The highest BCUT2D eigenvalue weighted by atomic mass is 16.4. The number of carboxylic acid groups (broad SMARTS) is 1. The molecule has 0 aromatic carbocycles. The number of aliphatic carboxylic acids is 1. The molecule has 1 heterocycles. The average Bonchev–Trinajstić information content (AvgIpc) is 2.05. The molecule has 1 aromatic heterocycles. The third-order valence-electron chi connectivity index (χ3n) is 1.21. The van der Waals surface area contributed by atoms with E-state index in [0.717, 1.165) is 5.69 Å². The Morgan fingerprint density at radius 1 is 1.67 bits per heavy atom. The minimum Gasteiger partial charge on any atom is -0.480 e. The van der Waals surface area contributed by atoms with Crippen molar-refractivity contribution in [3.63, 3.8) is 0 Å². The van der Waals surface area contributed by atoms with Crippen molar-refractivity contribution in [2.75, 3.05) is 6.54 Å². The molecule has 0 saturated carbocycles. The van der Waals surface area contributed by atoms with Crippen LogP contribution in [0.3, 0.4) is 0 Å². The summed E-state index contributed by atoms with van der Waals surface area (Å²) in [7, 11) is 0. The molecule has 0 atom stereocenters. The van der Waals surface area contributed by atoms with Crippen molar-refractivity contribution in [2.24, 2.45) is 0 Å². The molecule has 0 spiro atoms. The van der Waals surface area contributed by atoms with Crippen molar-refractivity contribution in [1.82, 2.24) is 15.5 Å². The van der Waals surface area contributed by atoms with Crippen LogP contribution < -0.4 is 5.32 Å². The molecule has 0 aliphatic rings. The summed E-state index contributed by atoms with van der Waals surface area (Å²) in [5.74, 6) is -0.876. The van der Waals surface area contributed by atoms with E-state index < -0.39 is 5.97 Å². The number of carbonyl (C=O) groups is 1. The first-order valence-electron chi connectivity index (χ1n) is 3.48. The summed E-state index contributed by atoms with van der Waals surface area (Å²) in [6.07, 6.45) is 1.57. The molecule has 0 unspecified atom stereocenters. The fourth-order valence-electron chi connectivity index (χ4n) is 0.725. The van der Waals surface area contributed by atoms with Gasteiger partial charge >= 0.3 is 5.97 Å². The summed E-state index contributed by atoms with van der Waals surface area (Å²) < 4.78 is 0. The molecule has 0 aliphatic heterocycles. The van der Waals surface area contributed by atoms with E-state index in [1.54, 1.807) is 18.3 Å². The van der Waals surface area contributed by atoms with Gasteiger partial charge in [-0.25, -0.2) is 0 Å². The monoisotopic (exact) mass is 167 g/mol. The van der Waals surface area contributed by atoms with Gasteiger partial charge in [0.25, 0.3) is 0 Å². The maximum atomic E-state index is 10.1. The van der Waals surface area contributed by atoms with Gasteiger partial charge in [-0.1, -0.05) is 0 Å². The van der Waals surface area contributed by atoms with Crippen molar-refractivity contribution in [3.05, 3.63) is 24.0 Å². The maximum absolute atomic E-state index is 10.1. The Hall–Kier alpha value is -1.49. The highest BCUT2D eigenvalue weighted by Gasteiger charge is 1.96. The summed E-state index contributed by atoms with van der Waals surface area (Å²) >= 11 is 0. The second-order valence-corrected chi connectivity index (χ2v) is 2.21. The third-order valence-corrected chi connectivity index (χ3v) is 1.21. The van der Waals surface area contributed by atoms with E-state index in [0.29, 0.717) is 6.54 Å². The number of hydrogen-bond acceptors (Lipinski definition) is 4. The van der Waals surface area contributed by atoms with E-state index in [2.05, 4.69) is 15.5 Å². The quantitative estimate of drug-likeness (QED) is 0.641. The molecule has 0 aliphatic carbocycles. The van der Waals surface area contributed by atoms with Crippen molar-refractivity contribution in [2.45, 2.75) is 6.54 Å². The first-order valence-corrected chi connectivity index (χ1v) is 3.48. The fourth-order valence-corrected chi connectivity index (χ4v) is 0.725. The number of carboxylic acids is 1. The average molecular weight is 167 g/mol. The van der Waals surface area contributed by atoms with Gasteiger partial charge in [0.05, 0.1) is 12.2 Å². The van der Waals surface area contributed by atoms with Gasteiger partial charge in [-0.05, 0) is 12.1 Å². The Balaban J connectivity index is 2.29. The van der Waals surface area contributed by atoms with Crippen LogP contribution in [0.1, 0.15) is 5.69 Å². The second kappa shape index (κ2) is 4.40. The van der Waals surface area contributed by atoms with Gasteiger partial charge in [0.2, 0.25) is 0 Å². The molecule has 0 amide bonds. The Morgan fingerprint density at radius 2 is 2.50 bits per heavy atom. The smallest absolute Gasteiger partial charge is 0.317 e. The van der Waals surface area contributed by atoms with Crippen LogP contribution in [0.2, 0.25) is 0 Å².